The quantitative estimate of drug-likeness (QED) is 0.794. The van der Waals surface area contributed by atoms with Gasteiger partial charge in [-0.2, -0.15) is 5.10 Å². The summed E-state index contributed by atoms with van der Waals surface area (Å²) in [6, 6.07) is 1.76. The Labute approximate surface area is 112 Å². The zero-order chi connectivity index (χ0) is 13.7. The summed E-state index contributed by atoms with van der Waals surface area (Å²) in [6.45, 7) is 2.84. The molecule has 1 atom stereocenters. The molecule has 7 nitrogen and oxygen atoms in total. The molecule has 1 aliphatic heterocycles. The predicted octanol–water partition coefficient (Wildman–Crippen LogP) is -0.294. The van der Waals surface area contributed by atoms with Crippen LogP contribution in [0.5, 0.6) is 0 Å². The summed E-state index contributed by atoms with van der Waals surface area (Å²) in [6.07, 6.45) is 1.83. The number of carbonyl (C=O) groups is 1. The molecule has 19 heavy (non-hydrogen) atoms. The fourth-order valence-electron chi connectivity index (χ4n) is 1.96. The number of likely N-dealkylation sites (N-methyl/N-ethyl adjacent to an activating group) is 1. The monoisotopic (exact) mass is 268 g/mol. The molecular formula is C12H20N4O3. The van der Waals surface area contributed by atoms with E-state index >= 15 is 0 Å². The van der Waals surface area contributed by atoms with Crippen molar-refractivity contribution in [2.45, 2.75) is 6.10 Å². The van der Waals surface area contributed by atoms with Crippen molar-refractivity contribution in [3.8, 4) is 0 Å². The Hall–Kier alpha value is -1.44. The maximum Gasteiger partial charge on any atom is 0.239 e. The molecule has 1 aliphatic rings. The topological polar surface area (TPSA) is 68.6 Å². The van der Waals surface area contributed by atoms with Gasteiger partial charge in [-0.05, 0) is 7.05 Å². The summed E-state index contributed by atoms with van der Waals surface area (Å²) < 4.78 is 12.5. The van der Waals surface area contributed by atoms with E-state index in [2.05, 4.69) is 10.4 Å². The molecule has 7 heteroatoms. The molecular weight excluding hydrogens is 248 g/mol. The minimum Gasteiger partial charge on any atom is -0.376 e. The fourth-order valence-corrected chi connectivity index (χ4v) is 1.96. The zero-order valence-electron chi connectivity index (χ0n) is 11.3. The van der Waals surface area contributed by atoms with Crippen LogP contribution in [0.2, 0.25) is 0 Å². The van der Waals surface area contributed by atoms with Crippen molar-refractivity contribution in [1.29, 1.82) is 0 Å². The molecule has 0 bridgehead atoms. The van der Waals surface area contributed by atoms with Gasteiger partial charge in [0.05, 0.1) is 32.5 Å². The number of hydrogen-bond acceptors (Lipinski definition) is 5. The van der Waals surface area contributed by atoms with Crippen LogP contribution in [0.4, 0.5) is 5.82 Å². The zero-order valence-corrected chi connectivity index (χ0v) is 11.3. The lowest BCUT2D eigenvalue weighted by molar-refractivity contribution is -0.119. The fraction of sp³-hybridized carbons (Fsp3) is 0.667. The third-order valence-corrected chi connectivity index (χ3v) is 2.79. The summed E-state index contributed by atoms with van der Waals surface area (Å²) >= 11 is 0. The molecule has 106 valence electrons. The van der Waals surface area contributed by atoms with Crippen molar-refractivity contribution < 1.29 is 14.3 Å². The Kier molecular flexibility index (Phi) is 4.89. The lowest BCUT2D eigenvalue weighted by Gasteiger charge is -2.27. The molecule has 2 rings (SSSR count). The largest absolute Gasteiger partial charge is 0.376 e. The number of anilines is 1. The van der Waals surface area contributed by atoms with Crippen molar-refractivity contribution in [1.82, 2.24) is 14.7 Å². The highest BCUT2D eigenvalue weighted by molar-refractivity contribution is 5.91. The highest BCUT2D eigenvalue weighted by Crippen LogP contribution is 2.04. The first-order valence-corrected chi connectivity index (χ1v) is 6.31. The van der Waals surface area contributed by atoms with Gasteiger partial charge in [0.15, 0.2) is 5.82 Å². The van der Waals surface area contributed by atoms with Crippen molar-refractivity contribution in [2.24, 2.45) is 7.05 Å². The molecule has 1 aromatic rings. The Morgan fingerprint density at radius 1 is 1.63 bits per heavy atom. The number of aromatic nitrogens is 2. The van der Waals surface area contributed by atoms with Crippen molar-refractivity contribution in [2.75, 3.05) is 45.3 Å². The van der Waals surface area contributed by atoms with Gasteiger partial charge < -0.3 is 14.8 Å². The predicted molar refractivity (Wildman–Crippen MR) is 69.9 cm³/mol. The smallest absolute Gasteiger partial charge is 0.239 e. The molecule has 1 saturated heterocycles. The minimum absolute atomic E-state index is 0.0430. The molecule has 0 spiro atoms. The second kappa shape index (κ2) is 6.65. The van der Waals surface area contributed by atoms with Gasteiger partial charge in [-0.1, -0.05) is 0 Å². The number of hydrogen-bond donors (Lipinski definition) is 1. The molecule has 0 aliphatic carbocycles. The SMILES string of the molecule is CN(CC(=O)Nc1ccn(C)n1)CC1COCCO1. The van der Waals surface area contributed by atoms with E-state index in [1.807, 2.05) is 19.0 Å². The average molecular weight is 268 g/mol. The number of aryl methyl sites for hydroxylation is 1. The molecule has 0 aromatic carbocycles. The Morgan fingerprint density at radius 3 is 3.11 bits per heavy atom. The molecule has 1 amide bonds. The van der Waals surface area contributed by atoms with E-state index in [0.717, 1.165) is 0 Å². The van der Waals surface area contributed by atoms with Gasteiger partial charge in [-0.15, -0.1) is 0 Å². The van der Waals surface area contributed by atoms with Crippen LogP contribution in [0.3, 0.4) is 0 Å². The van der Waals surface area contributed by atoms with Gasteiger partial charge in [0, 0.05) is 25.9 Å². The van der Waals surface area contributed by atoms with Crippen molar-refractivity contribution in [3.05, 3.63) is 12.3 Å². The molecule has 1 N–H and O–H groups in total. The minimum atomic E-state index is -0.0853. The summed E-state index contributed by atoms with van der Waals surface area (Å²) in [5, 5.41) is 6.84. The van der Waals surface area contributed by atoms with Crippen LogP contribution in [-0.4, -0.2) is 66.6 Å². The molecule has 1 fully saturated rings. The number of nitrogens with one attached hydrogen (secondary N) is 1. The van der Waals surface area contributed by atoms with Crippen LogP contribution in [-0.2, 0) is 21.3 Å². The van der Waals surface area contributed by atoms with Crippen LogP contribution in [0, 0.1) is 0 Å². The summed E-state index contributed by atoms with van der Waals surface area (Å²) in [7, 11) is 3.69. The van der Waals surface area contributed by atoms with Crippen LogP contribution in [0.25, 0.3) is 0 Å². The first-order valence-electron chi connectivity index (χ1n) is 6.31. The summed E-state index contributed by atoms with van der Waals surface area (Å²) in [5.74, 6) is 0.482. The van der Waals surface area contributed by atoms with E-state index in [9.17, 15) is 4.79 Å². The van der Waals surface area contributed by atoms with Gasteiger partial charge in [0.25, 0.3) is 0 Å². The molecule has 0 radical (unpaired) electrons. The Morgan fingerprint density at radius 2 is 2.47 bits per heavy atom. The van der Waals surface area contributed by atoms with E-state index in [1.54, 1.807) is 16.9 Å². The lowest BCUT2D eigenvalue weighted by Crippen LogP contribution is -2.41. The maximum atomic E-state index is 11.8. The van der Waals surface area contributed by atoms with Gasteiger partial charge >= 0.3 is 0 Å². The number of carbonyl (C=O) groups excluding carboxylic acids is 1. The highest BCUT2D eigenvalue weighted by atomic mass is 16.6. The van der Waals surface area contributed by atoms with Crippen LogP contribution in [0.15, 0.2) is 12.3 Å². The Balaban J connectivity index is 1.71. The van der Waals surface area contributed by atoms with Crippen molar-refractivity contribution >= 4 is 11.7 Å². The third kappa shape index (κ3) is 4.62. The molecule has 0 saturated carbocycles. The van der Waals surface area contributed by atoms with Crippen LogP contribution in [0.1, 0.15) is 0 Å². The second-order valence-corrected chi connectivity index (χ2v) is 4.69. The number of amides is 1. The molecule has 2 heterocycles. The normalized spacial score (nSPS) is 19.6. The average Bonchev–Trinajstić information content (AvgIpc) is 2.75. The maximum absolute atomic E-state index is 11.8. The van der Waals surface area contributed by atoms with E-state index in [-0.39, 0.29) is 12.0 Å². The van der Waals surface area contributed by atoms with Gasteiger partial charge in [0.2, 0.25) is 5.91 Å². The summed E-state index contributed by atoms with van der Waals surface area (Å²) in [5.41, 5.74) is 0. The first kappa shape index (κ1) is 14.0. The Bertz CT molecular complexity index is 415. The summed E-state index contributed by atoms with van der Waals surface area (Å²) in [4.78, 5) is 13.7. The van der Waals surface area contributed by atoms with Gasteiger partial charge in [-0.25, -0.2) is 0 Å². The molecule has 1 aromatic heterocycles. The van der Waals surface area contributed by atoms with E-state index in [4.69, 9.17) is 9.47 Å². The number of ether oxygens (including phenoxy) is 2. The number of rotatable bonds is 5. The van der Waals surface area contributed by atoms with E-state index in [1.165, 1.54) is 0 Å². The standard InChI is InChI=1S/C12H20N4O3/c1-15(7-10-9-18-5-6-19-10)8-12(17)13-11-3-4-16(2)14-11/h3-4,10H,5-9H2,1-2H3,(H,13,14,17). The van der Waals surface area contributed by atoms with Gasteiger partial charge in [-0.3, -0.25) is 14.4 Å². The van der Waals surface area contributed by atoms with Crippen LogP contribution >= 0.6 is 0 Å². The van der Waals surface area contributed by atoms with Crippen LogP contribution < -0.4 is 5.32 Å². The second-order valence-electron chi connectivity index (χ2n) is 4.69. The van der Waals surface area contributed by atoms with E-state index < -0.39 is 0 Å². The third-order valence-electron chi connectivity index (χ3n) is 2.79. The lowest BCUT2D eigenvalue weighted by atomic mass is 10.3. The van der Waals surface area contributed by atoms with Gasteiger partial charge in [0.1, 0.15) is 0 Å². The van der Waals surface area contributed by atoms with Crippen molar-refractivity contribution in [3.63, 3.8) is 0 Å². The van der Waals surface area contributed by atoms with E-state index in [0.29, 0.717) is 38.7 Å². The number of nitrogens with zero attached hydrogens (tertiary/aromatic N) is 3. The highest BCUT2D eigenvalue weighted by Gasteiger charge is 2.17. The molecule has 1 unspecified atom stereocenters. The first-order chi connectivity index (χ1) is 9.13.